The molecular weight excluding hydrogens is 412 g/mol. The quantitative estimate of drug-likeness (QED) is 0.362. The summed E-state index contributed by atoms with van der Waals surface area (Å²) < 4.78 is 0. The molecular formula is C27H22N4O2. The molecule has 4 aromatic rings. The minimum atomic E-state index is -0.155. The Kier molecular flexibility index (Phi) is 4.01. The number of carbonyl (C=O) groups is 1. The van der Waals surface area contributed by atoms with E-state index in [1.807, 2.05) is 60.7 Å². The lowest BCUT2D eigenvalue weighted by atomic mass is 9.80. The van der Waals surface area contributed by atoms with Gasteiger partial charge in [-0.3, -0.25) is 9.79 Å². The number of rotatable bonds is 1. The van der Waals surface area contributed by atoms with Gasteiger partial charge >= 0.3 is 0 Å². The van der Waals surface area contributed by atoms with Gasteiger partial charge in [-0.1, -0.05) is 56.0 Å². The highest BCUT2D eigenvalue weighted by Crippen LogP contribution is 2.44. The van der Waals surface area contributed by atoms with Crippen LogP contribution in [-0.4, -0.2) is 24.2 Å². The first-order valence-corrected chi connectivity index (χ1v) is 10.6. The average Bonchev–Trinajstić information content (AvgIpc) is 2.83. The van der Waals surface area contributed by atoms with Crippen molar-refractivity contribution in [1.29, 1.82) is 0 Å². The van der Waals surface area contributed by atoms with Crippen LogP contribution in [0.25, 0.3) is 32.7 Å². The molecule has 3 aliphatic rings. The number of aliphatic hydroxyl groups excluding tert-OH is 1. The number of hydrogen-bond acceptors (Lipinski definition) is 6. The maximum atomic E-state index is 13.4. The fourth-order valence-corrected chi connectivity index (χ4v) is 5.13. The van der Waals surface area contributed by atoms with Crippen molar-refractivity contribution in [1.82, 2.24) is 0 Å². The van der Waals surface area contributed by atoms with Crippen molar-refractivity contribution in [3.8, 4) is 0 Å². The summed E-state index contributed by atoms with van der Waals surface area (Å²) in [6.45, 7) is 1.00. The summed E-state index contributed by atoms with van der Waals surface area (Å²) in [5.74, 6) is -0.122. The molecule has 33 heavy (non-hydrogen) atoms. The second kappa shape index (κ2) is 6.84. The molecule has 0 aromatic heterocycles. The van der Waals surface area contributed by atoms with Crippen LogP contribution in [0, 0.1) is 0 Å². The highest BCUT2D eigenvalue weighted by atomic mass is 16.3. The van der Waals surface area contributed by atoms with Gasteiger partial charge in [0.15, 0.2) is 0 Å². The fraction of sp³-hybridized carbons (Fsp3) is 0.111. The van der Waals surface area contributed by atoms with Gasteiger partial charge in [-0.15, -0.1) is 0 Å². The number of allylic oxidation sites excluding steroid dienone is 2. The predicted molar refractivity (Wildman–Crippen MR) is 134 cm³/mol. The summed E-state index contributed by atoms with van der Waals surface area (Å²) in [4.78, 5) is 18.1. The summed E-state index contributed by atoms with van der Waals surface area (Å²) in [5, 5.41) is 26.7. The zero-order chi connectivity index (χ0) is 21.4. The molecule has 2 heterocycles. The van der Waals surface area contributed by atoms with Gasteiger partial charge in [-0.05, 0) is 22.9 Å². The molecule has 6 nitrogen and oxygen atoms in total. The van der Waals surface area contributed by atoms with E-state index in [9.17, 15) is 9.90 Å². The van der Waals surface area contributed by atoms with Crippen molar-refractivity contribution in [3.05, 3.63) is 82.6 Å². The molecule has 0 atom stereocenters. The number of hydrogen-bond donors (Lipinski definition) is 4. The van der Waals surface area contributed by atoms with Crippen LogP contribution in [0.2, 0.25) is 0 Å². The van der Waals surface area contributed by atoms with Crippen molar-refractivity contribution in [2.45, 2.75) is 7.43 Å². The van der Waals surface area contributed by atoms with E-state index >= 15 is 0 Å². The zero-order valence-corrected chi connectivity index (χ0v) is 17.0. The predicted octanol–water partition coefficient (Wildman–Crippen LogP) is 4.13. The van der Waals surface area contributed by atoms with Gasteiger partial charge < -0.3 is 21.1 Å². The van der Waals surface area contributed by atoms with E-state index in [2.05, 4.69) is 20.9 Å². The van der Waals surface area contributed by atoms with E-state index in [1.54, 1.807) is 0 Å². The molecule has 0 saturated heterocycles. The Morgan fingerprint density at radius 3 is 2.30 bits per heavy atom. The van der Waals surface area contributed by atoms with E-state index in [0.29, 0.717) is 29.7 Å². The van der Waals surface area contributed by atoms with Crippen molar-refractivity contribution >= 4 is 55.5 Å². The molecule has 4 aromatic carbocycles. The van der Waals surface area contributed by atoms with Crippen LogP contribution in [0.3, 0.4) is 0 Å². The van der Waals surface area contributed by atoms with Crippen LogP contribution in [-0.2, 0) is 4.79 Å². The van der Waals surface area contributed by atoms with Crippen LogP contribution >= 0.6 is 0 Å². The summed E-state index contributed by atoms with van der Waals surface area (Å²) in [6, 6.07) is 19.9. The molecule has 4 N–H and O–H groups in total. The monoisotopic (exact) mass is 434 g/mol. The smallest absolute Gasteiger partial charge is 0.201 e. The maximum Gasteiger partial charge on any atom is 0.201 e. The zero-order valence-electron chi connectivity index (χ0n) is 17.0. The van der Waals surface area contributed by atoms with E-state index in [-0.39, 0.29) is 19.0 Å². The van der Waals surface area contributed by atoms with Crippen molar-refractivity contribution < 1.29 is 9.90 Å². The Bertz CT molecular complexity index is 1680. The SMILES string of the molecule is C.O=C1C(c2ccc3cccc4c3c2NCN4)=C(O)C1=c1ccc2cccc3c2c1=NCN3. The molecule has 7 rings (SSSR count). The normalized spacial score (nSPS) is 17.4. The first kappa shape index (κ1) is 19.4. The van der Waals surface area contributed by atoms with Crippen LogP contribution < -0.4 is 26.5 Å². The van der Waals surface area contributed by atoms with Crippen molar-refractivity contribution in [2.24, 2.45) is 4.99 Å². The summed E-state index contributed by atoms with van der Waals surface area (Å²) >= 11 is 0. The molecule has 1 aliphatic carbocycles. The number of Topliss-reactive ketones (excluding diaryl/α,β-unsaturated/α-hetero) is 1. The van der Waals surface area contributed by atoms with E-state index in [1.165, 1.54) is 0 Å². The topological polar surface area (TPSA) is 85.8 Å². The van der Waals surface area contributed by atoms with Crippen molar-refractivity contribution in [2.75, 3.05) is 29.3 Å². The number of benzene rings is 4. The van der Waals surface area contributed by atoms with E-state index in [4.69, 9.17) is 0 Å². The highest BCUT2D eigenvalue weighted by molar-refractivity contribution is 6.52. The van der Waals surface area contributed by atoms with Gasteiger partial charge in [-0.2, -0.15) is 0 Å². The molecule has 0 unspecified atom stereocenters. The van der Waals surface area contributed by atoms with E-state index < -0.39 is 0 Å². The van der Waals surface area contributed by atoms with Gasteiger partial charge in [0.1, 0.15) is 12.4 Å². The van der Waals surface area contributed by atoms with E-state index in [0.717, 1.165) is 49.5 Å². The largest absolute Gasteiger partial charge is 0.506 e. The second-order valence-electron chi connectivity index (χ2n) is 8.21. The lowest BCUT2D eigenvalue weighted by Crippen LogP contribution is -2.37. The molecule has 0 amide bonds. The highest BCUT2D eigenvalue weighted by Gasteiger charge is 2.37. The number of anilines is 3. The number of carbonyl (C=O) groups excluding carboxylic acids is 1. The van der Waals surface area contributed by atoms with Crippen LogP contribution in [0.1, 0.15) is 13.0 Å². The summed E-state index contributed by atoms with van der Waals surface area (Å²) in [6.07, 6.45) is 0. The fourth-order valence-electron chi connectivity index (χ4n) is 5.13. The summed E-state index contributed by atoms with van der Waals surface area (Å²) in [5.41, 5.74) is 4.32. The Morgan fingerprint density at radius 1 is 0.788 bits per heavy atom. The Hall–Kier alpha value is -4.32. The molecule has 0 saturated carbocycles. The first-order chi connectivity index (χ1) is 15.7. The molecule has 0 spiro atoms. The third-order valence-corrected chi connectivity index (χ3v) is 6.58. The van der Waals surface area contributed by atoms with Gasteiger partial charge in [0.05, 0.1) is 28.9 Å². The molecule has 0 radical (unpaired) electrons. The number of aliphatic hydroxyl groups is 1. The van der Waals surface area contributed by atoms with Gasteiger partial charge in [0.25, 0.3) is 0 Å². The second-order valence-corrected chi connectivity index (χ2v) is 8.21. The molecule has 2 aliphatic heterocycles. The van der Waals surface area contributed by atoms with Crippen LogP contribution in [0.4, 0.5) is 17.1 Å². The first-order valence-electron chi connectivity index (χ1n) is 10.6. The Morgan fingerprint density at radius 2 is 1.52 bits per heavy atom. The van der Waals surface area contributed by atoms with Gasteiger partial charge in [-0.25, -0.2) is 0 Å². The number of nitrogens with zero attached hydrogens (tertiary/aromatic N) is 1. The minimum absolute atomic E-state index is 0. The van der Waals surface area contributed by atoms with Gasteiger partial charge in [0, 0.05) is 32.9 Å². The lowest BCUT2D eigenvalue weighted by molar-refractivity contribution is -0.109. The lowest BCUT2D eigenvalue weighted by Gasteiger charge is -2.28. The van der Waals surface area contributed by atoms with Gasteiger partial charge in [0.2, 0.25) is 5.78 Å². The minimum Gasteiger partial charge on any atom is -0.506 e. The molecule has 0 fully saturated rings. The van der Waals surface area contributed by atoms with Crippen LogP contribution in [0.5, 0.6) is 0 Å². The number of ketones is 1. The number of nitrogens with one attached hydrogen (secondary N) is 3. The maximum absolute atomic E-state index is 13.4. The average molecular weight is 434 g/mol. The summed E-state index contributed by atoms with van der Waals surface area (Å²) in [7, 11) is 0. The molecule has 0 bridgehead atoms. The van der Waals surface area contributed by atoms with Crippen LogP contribution in [0.15, 0.2) is 71.4 Å². The molecule has 6 heteroatoms. The Balaban J connectivity index is 0.00000206. The van der Waals surface area contributed by atoms with Crippen molar-refractivity contribution in [3.63, 3.8) is 0 Å². The third kappa shape index (κ3) is 2.49. The Labute approximate surface area is 190 Å². The standard InChI is InChI=1S/C26H18N4O2.CH4/c31-25-21(15-9-7-13-3-1-5-17-19(13)23(15)29-11-27-17)26(32)22(25)16-10-8-14-4-2-6-18-20(14)24(16)30-12-28-18;/h1-10,27-29,31H,11-12H2;1H4. The molecule has 162 valence electrons. The third-order valence-electron chi connectivity index (χ3n) is 6.58.